The molecule has 1 aromatic heterocycles. The standard InChI is InChI=1S/C16H10ClFN2O3/c1-23-13-7-19-10-4-2-8(6-11(10)20-13)16(22)14-9(18)3-5-12(21)15(14)17/h2-7,21H,1H3. The molecule has 5 nitrogen and oxygen atoms in total. The zero-order chi connectivity index (χ0) is 16.6. The van der Waals surface area contributed by atoms with Gasteiger partial charge in [0, 0.05) is 5.56 Å². The Kier molecular flexibility index (Phi) is 3.83. The molecule has 0 atom stereocenters. The van der Waals surface area contributed by atoms with Crippen LogP contribution in [0.5, 0.6) is 11.6 Å². The number of halogens is 2. The number of benzene rings is 2. The molecule has 0 fully saturated rings. The van der Waals surface area contributed by atoms with Gasteiger partial charge < -0.3 is 9.84 Å². The summed E-state index contributed by atoms with van der Waals surface area (Å²) in [5.41, 5.74) is 0.769. The third kappa shape index (κ3) is 2.68. The van der Waals surface area contributed by atoms with E-state index in [0.717, 1.165) is 12.1 Å². The second-order valence-corrected chi connectivity index (χ2v) is 5.08. The van der Waals surface area contributed by atoms with E-state index >= 15 is 0 Å². The fraction of sp³-hybridized carbons (Fsp3) is 0.0625. The lowest BCUT2D eigenvalue weighted by Gasteiger charge is -2.08. The highest BCUT2D eigenvalue weighted by molar-refractivity contribution is 6.36. The summed E-state index contributed by atoms with van der Waals surface area (Å²) in [4.78, 5) is 20.8. The highest BCUT2D eigenvalue weighted by Gasteiger charge is 2.21. The predicted octanol–water partition coefficient (Wildman–Crippen LogP) is 3.37. The molecule has 0 saturated heterocycles. The van der Waals surface area contributed by atoms with Gasteiger partial charge in [0.25, 0.3) is 0 Å². The minimum Gasteiger partial charge on any atom is -0.506 e. The van der Waals surface area contributed by atoms with E-state index in [9.17, 15) is 14.3 Å². The number of hydrogen-bond donors (Lipinski definition) is 1. The van der Waals surface area contributed by atoms with Crippen LogP contribution in [0.4, 0.5) is 4.39 Å². The van der Waals surface area contributed by atoms with Crippen LogP contribution in [-0.4, -0.2) is 28.0 Å². The smallest absolute Gasteiger partial charge is 0.232 e. The number of nitrogens with zero attached hydrogens (tertiary/aromatic N) is 2. The first-order chi connectivity index (χ1) is 11.0. The fourth-order valence-corrected chi connectivity index (χ4v) is 2.37. The maximum atomic E-state index is 13.9. The molecule has 1 N–H and O–H groups in total. The van der Waals surface area contributed by atoms with E-state index in [1.54, 1.807) is 6.07 Å². The Hall–Kier alpha value is -2.73. The summed E-state index contributed by atoms with van der Waals surface area (Å²) in [6.07, 6.45) is 1.45. The lowest BCUT2D eigenvalue weighted by Crippen LogP contribution is -2.06. The molecule has 0 saturated carbocycles. The van der Waals surface area contributed by atoms with Gasteiger partial charge in [0.1, 0.15) is 11.6 Å². The highest BCUT2D eigenvalue weighted by atomic mass is 35.5. The van der Waals surface area contributed by atoms with Gasteiger partial charge >= 0.3 is 0 Å². The molecule has 116 valence electrons. The van der Waals surface area contributed by atoms with Gasteiger partial charge in [-0.25, -0.2) is 14.4 Å². The number of phenolic OH excluding ortho intramolecular Hbond substituents is 1. The van der Waals surface area contributed by atoms with Crippen LogP contribution >= 0.6 is 11.6 Å². The zero-order valence-electron chi connectivity index (χ0n) is 11.9. The van der Waals surface area contributed by atoms with Crippen molar-refractivity contribution in [1.82, 2.24) is 9.97 Å². The Labute approximate surface area is 135 Å². The van der Waals surface area contributed by atoms with Crippen LogP contribution in [0.3, 0.4) is 0 Å². The zero-order valence-corrected chi connectivity index (χ0v) is 12.6. The van der Waals surface area contributed by atoms with Crippen molar-refractivity contribution in [3.05, 3.63) is 58.5 Å². The Morgan fingerprint density at radius 2 is 2.04 bits per heavy atom. The highest BCUT2D eigenvalue weighted by Crippen LogP contribution is 2.31. The van der Waals surface area contributed by atoms with E-state index < -0.39 is 11.6 Å². The molecule has 0 aliphatic carbocycles. The van der Waals surface area contributed by atoms with E-state index in [-0.39, 0.29) is 21.9 Å². The number of carbonyl (C=O) groups excluding carboxylic acids is 1. The normalized spacial score (nSPS) is 10.7. The molecule has 3 rings (SSSR count). The Balaban J connectivity index is 2.13. The molecule has 3 aromatic rings. The van der Waals surface area contributed by atoms with Gasteiger partial charge in [-0.15, -0.1) is 0 Å². The molecular formula is C16H10ClFN2O3. The number of ether oxygens (including phenoxy) is 1. The van der Waals surface area contributed by atoms with Gasteiger partial charge in [-0.1, -0.05) is 11.6 Å². The Bertz CT molecular complexity index is 931. The molecule has 1 heterocycles. The van der Waals surface area contributed by atoms with Crippen molar-refractivity contribution in [2.45, 2.75) is 0 Å². The van der Waals surface area contributed by atoms with Crippen LogP contribution in [0, 0.1) is 5.82 Å². The van der Waals surface area contributed by atoms with Gasteiger partial charge in [0.15, 0.2) is 5.78 Å². The van der Waals surface area contributed by atoms with Crippen molar-refractivity contribution in [3.8, 4) is 11.6 Å². The summed E-state index contributed by atoms with van der Waals surface area (Å²) in [5, 5.41) is 9.24. The monoisotopic (exact) mass is 332 g/mol. The molecule has 0 amide bonds. The topological polar surface area (TPSA) is 72.3 Å². The van der Waals surface area contributed by atoms with Gasteiger partial charge in [0.2, 0.25) is 5.88 Å². The van der Waals surface area contributed by atoms with E-state index in [0.29, 0.717) is 16.9 Å². The number of rotatable bonds is 3. The second kappa shape index (κ2) is 5.81. The summed E-state index contributed by atoms with van der Waals surface area (Å²) < 4.78 is 18.9. The predicted molar refractivity (Wildman–Crippen MR) is 82.6 cm³/mol. The summed E-state index contributed by atoms with van der Waals surface area (Å²) >= 11 is 5.85. The lowest BCUT2D eigenvalue weighted by molar-refractivity contribution is 0.103. The average Bonchev–Trinajstić information content (AvgIpc) is 2.57. The van der Waals surface area contributed by atoms with E-state index in [1.807, 2.05) is 0 Å². The number of ketones is 1. The first-order valence-corrected chi connectivity index (χ1v) is 6.91. The maximum absolute atomic E-state index is 13.9. The van der Waals surface area contributed by atoms with Crippen LogP contribution in [0.25, 0.3) is 11.0 Å². The number of fused-ring (bicyclic) bond motifs is 1. The molecule has 0 aliphatic rings. The van der Waals surface area contributed by atoms with Crippen molar-refractivity contribution >= 4 is 28.4 Å². The molecule has 0 spiro atoms. The first kappa shape index (κ1) is 15.2. The van der Waals surface area contributed by atoms with Gasteiger partial charge in [-0.2, -0.15) is 0 Å². The van der Waals surface area contributed by atoms with Crippen LogP contribution in [0.15, 0.2) is 36.5 Å². The van der Waals surface area contributed by atoms with E-state index in [2.05, 4.69) is 9.97 Å². The minimum absolute atomic E-state index is 0.173. The minimum atomic E-state index is -0.811. The Morgan fingerprint density at radius 1 is 1.26 bits per heavy atom. The van der Waals surface area contributed by atoms with Gasteiger partial charge in [0.05, 0.1) is 34.9 Å². The molecule has 7 heteroatoms. The Morgan fingerprint density at radius 3 is 2.78 bits per heavy atom. The molecule has 2 aromatic carbocycles. The van der Waals surface area contributed by atoms with Crippen LogP contribution in [-0.2, 0) is 0 Å². The maximum Gasteiger partial charge on any atom is 0.232 e. The number of aromatic hydroxyl groups is 1. The molecule has 23 heavy (non-hydrogen) atoms. The number of methoxy groups -OCH3 is 1. The molecule has 0 bridgehead atoms. The molecular weight excluding hydrogens is 323 g/mol. The number of carbonyl (C=O) groups is 1. The third-order valence-electron chi connectivity index (χ3n) is 3.29. The van der Waals surface area contributed by atoms with Crippen molar-refractivity contribution in [2.75, 3.05) is 7.11 Å². The fourth-order valence-electron chi connectivity index (χ4n) is 2.13. The SMILES string of the molecule is COc1cnc2ccc(C(=O)c3c(F)ccc(O)c3Cl)cc2n1. The summed E-state index contributed by atoms with van der Waals surface area (Å²) in [5.74, 6) is -1.54. The van der Waals surface area contributed by atoms with Crippen molar-refractivity contribution in [3.63, 3.8) is 0 Å². The third-order valence-corrected chi connectivity index (χ3v) is 3.67. The van der Waals surface area contributed by atoms with Crippen molar-refractivity contribution in [2.24, 2.45) is 0 Å². The van der Waals surface area contributed by atoms with Crippen LogP contribution in [0.2, 0.25) is 5.02 Å². The average molecular weight is 333 g/mol. The number of phenols is 1. The number of aromatic nitrogens is 2. The van der Waals surface area contributed by atoms with Crippen LogP contribution < -0.4 is 4.74 Å². The van der Waals surface area contributed by atoms with Gasteiger partial charge in [-0.05, 0) is 30.3 Å². The lowest BCUT2D eigenvalue weighted by atomic mass is 10.0. The van der Waals surface area contributed by atoms with Crippen molar-refractivity contribution in [1.29, 1.82) is 0 Å². The summed E-state index contributed by atoms with van der Waals surface area (Å²) in [7, 11) is 1.45. The number of hydrogen-bond acceptors (Lipinski definition) is 5. The first-order valence-electron chi connectivity index (χ1n) is 6.53. The second-order valence-electron chi connectivity index (χ2n) is 4.70. The van der Waals surface area contributed by atoms with E-state index in [1.165, 1.54) is 25.4 Å². The van der Waals surface area contributed by atoms with Crippen molar-refractivity contribution < 1.29 is 19.0 Å². The molecule has 0 unspecified atom stereocenters. The largest absolute Gasteiger partial charge is 0.506 e. The molecule has 0 radical (unpaired) electrons. The summed E-state index contributed by atoms with van der Waals surface area (Å²) in [6, 6.07) is 6.62. The van der Waals surface area contributed by atoms with E-state index in [4.69, 9.17) is 16.3 Å². The quantitative estimate of drug-likeness (QED) is 0.744. The van der Waals surface area contributed by atoms with Crippen LogP contribution in [0.1, 0.15) is 15.9 Å². The van der Waals surface area contributed by atoms with Gasteiger partial charge in [-0.3, -0.25) is 4.79 Å². The molecule has 0 aliphatic heterocycles. The summed E-state index contributed by atoms with van der Waals surface area (Å²) in [6.45, 7) is 0.